The topological polar surface area (TPSA) is 52.6 Å². The molecule has 0 bridgehead atoms. The average Bonchev–Trinajstić information content (AvgIpc) is 2.37. The van der Waals surface area contributed by atoms with E-state index in [-0.39, 0.29) is 21.8 Å². The van der Waals surface area contributed by atoms with Crippen molar-refractivity contribution in [1.82, 2.24) is 10.2 Å². The molecule has 1 amide bonds. The van der Waals surface area contributed by atoms with Crippen molar-refractivity contribution >= 4 is 6.09 Å². The van der Waals surface area contributed by atoms with Crippen molar-refractivity contribution in [1.29, 1.82) is 0 Å². The molecule has 2 N–H and O–H groups in total. The van der Waals surface area contributed by atoms with Crippen LogP contribution in [-0.2, 0) is 0 Å². The normalized spacial score (nSPS) is 36.2. The summed E-state index contributed by atoms with van der Waals surface area (Å²) in [5.41, 5.74) is -0.225. The van der Waals surface area contributed by atoms with Gasteiger partial charge in [-0.05, 0) is 10.8 Å². The van der Waals surface area contributed by atoms with Gasteiger partial charge in [0.25, 0.3) is 0 Å². The third kappa shape index (κ3) is 1.27. The van der Waals surface area contributed by atoms with Crippen molar-refractivity contribution in [3.8, 4) is 0 Å². The second kappa shape index (κ2) is 3.41. The Hall–Kier alpha value is -0.770. The van der Waals surface area contributed by atoms with E-state index in [1.54, 1.807) is 4.90 Å². The summed E-state index contributed by atoms with van der Waals surface area (Å²) in [5, 5.41) is 12.9. The Labute approximate surface area is 110 Å². The molecule has 0 aromatic heterocycles. The van der Waals surface area contributed by atoms with E-state index in [2.05, 4.69) is 46.9 Å². The van der Waals surface area contributed by atoms with Crippen molar-refractivity contribution in [2.45, 2.75) is 47.1 Å². The fourth-order valence-electron chi connectivity index (χ4n) is 4.37. The molecule has 0 radical (unpaired) electrons. The Balaban J connectivity index is 2.55. The molecule has 4 heteroatoms. The van der Waals surface area contributed by atoms with Crippen LogP contribution in [0.25, 0.3) is 0 Å². The number of amides is 1. The van der Waals surface area contributed by atoms with E-state index in [1.807, 2.05) is 0 Å². The standard InChI is InChI=1S/C14H26N2O2/c1-11(2,3)13-7-15-8-14(13,12(4,5)6)16(9-13)10(17)18/h15H,7-9H2,1-6H3,(H,17,18). The van der Waals surface area contributed by atoms with Gasteiger partial charge < -0.3 is 10.4 Å². The van der Waals surface area contributed by atoms with E-state index in [0.717, 1.165) is 13.1 Å². The lowest BCUT2D eigenvalue weighted by molar-refractivity contribution is -0.206. The van der Waals surface area contributed by atoms with Gasteiger partial charge in [-0.3, -0.25) is 4.90 Å². The van der Waals surface area contributed by atoms with Crippen LogP contribution in [0.3, 0.4) is 0 Å². The van der Waals surface area contributed by atoms with Gasteiger partial charge in [-0.2, -0.15) is 0 Å². The summed E-state index contributed by atoms with van der Waals surface area (Å²) in [6.07, 6.45) is -0.784. The largest absolute Gasteiger partial charge is 0.465 e. The number of nitrogens with one attached hydrogen (secondary N) is 1. The number of rotatable bonds is 0. The average molecular weight is 254 g/mol. The molecule has 0 aromatic rings. The Morgan fingerprint density at radius 1 is 1.11 bits per heavy atom. The number of fused-ring (bicyclic) bond motifs is 1. The first-order valence-electron chi connectivity index (χ1n) is 6.71. The number of nitrogens with zero attached hydrogens (tertiary/aromatic N) is 1. The third-order valence-corrected chi connectivity index (χ3v) is 5.40. The van der Waals surface area contributed by atoms with Crippen molar-refractivity contribution in [3.63, 3.8) is 0 Å². The number of likely N-dealkylation sites (tertiary alicyclic amines) is 1. The number of carboxylic acid groups (broad SMARTS) is 1. The quantitative estimate of drug-likeness (QED) is 0.698. The summed E-state index contributed by atoms with van der Waals surface area (Å²) in [6, 6.07) is 0. The maximum atomic E-state index is 11.5. The second-order valence-electron chi connectivity index (χ2n) is 7.91. The van der Waals surface area contributed by atoms with Crippen molar-refractivity contribution in [3.05, 3.63) is 0 Å². The first-order valence-corrected chi connectivity index (χ1v) is 6.71. The SMILES string of the molecule is CC(C)(C)C12CNCC1(C(C)(C)C)N(C(=O)O)C2. The van der Waals surface area contributed by atoms with Crippen LogP contribution < -0.4 is 5.32 Å². The maximum absolute atomic E-state index is 11.5. The lowest BCUT2D eigenvalue weighted by atomic mass is 9.45. The number of carbonyl (C=O) groups is 1. The van der Waals surface area contributed by atoms with Crippen LogP contribution in [0, 0.1) is 16.2 Å². The highest BCUT2D eigenvalue weighted by Crippen LogP contribution is 2.65. The molecular weight excluding hydrogens is 228 g/mol. The van der Waals surface area contributed by atoms with Crippen LogP contribution in [0.2, 0.25) is 0 Å². The van der Waals surface area contributed by atoms with Crippen LogP contribution in [0.1, 0.15) is 41.5 Å². The minimum absolute atomic E-state index is 0.0383. The molecule has 0 aliphatic carbocycles. The van der Waals surface area contributed by atoms with Crippen LogP contribution in [-0.4, -0.2) is 41.3 Å². The molecular formula is C14H26N2O2. The number of hydrogen-bond donors (Lipinski definition) is 2. The first kappa shape index (κ1) is 13.7. The molecule has 0 spiro atoms. The zero-order chi connectivity index (χ0) is 14.0. The zero-order valence-electron chi connectivity index (χ0n) is 12.4. The van der Waals surface area contributed by atoms with Crippen LogP contribution in [0.4, 0.5) is 4.79 Å². The first-order chi connectivity index (χ1) is 8.00. The summed E-state index contributed by atoms with van der Waals surface area (Å²) >= 11 is 0. The second-order valence-corrected chi connectivity index (χ2v) is 7.91. The van der Waals surface area contributed by atoms with E-state index in [1.165, 1.54) is 0 Å². The third-order valence-electron chi connectivity index (χ3n) is 5.40. The lowest BCUT2D eigenvalue weighted by Gasteiger charge is -2.71. The summed E-state index contributed by atoms with van der Waals surface area (Å²) < 4.78 is 0. The van der Waals surface area contributed by atoms with Gasteiger partial charge in [0.05, 0.1) is 5.54 Å². The monoisotopic (exact) mass is 254 g/mol. The molecule has 2 unspecified atom stereocenters. The van der Waals surface area contributed by atoms with Crippen LogP contribution >= 0.6 is 0 Å². The highest BCUT2D eigenvalue weighted by Gasteiger charge is 2.75. The fraction of sp³-hybridized carbons (Fsp3) is 0.929. The van der Waals surface area contributed by atoms with E-state index >= 15 is 0 Å². The Kier molecular flexibility index (Phi) is 2.59. The number of hydrogen-bond acceptors (Lipinski definition) is 2. The van der Waals surface area contributed by atoms with E-state index in [4.69, 9.17) is 0 Å². The fourth-order valence-corrected chi connectivity index (χ4v) is 4.37. The smallest absolute Gasteiger partial charge is 0.407 e. The molecule has 0 saturated carbocycles. The predicted octanol–water partition coefficient (Wildman–Crippen LogP) is 2.40. The van der Waals surface area contributed by atoms with Gasteiger partial charge >= 0.3 is 6.09 Å². The minimum atomic E-state index is -0.784. The van der Waals surface area contributed by atoms with Gasteiger partial charge in [0.15, 0.2) is 0 Å². The summed E-state index contributed by atoms with van der Waals surface area (Å²) in [5.74, 6) is 0. The summed E-state index contributed by atoms with van der Waals surface area (Å²) in [6.45, 7) is 15.5. The van der Waals surface area contributed by atoms with E-state index in [0.29, 0.717) is 6.54 Å². The maximum Gasteiger partial charge on any atom is 0.407 e. The van der Waals surface area contributed by atoms with Gasteiger partial charge in [-0.15, -0.1) is 0 Å². The minimum Gasteiger partial charge on any atom is -0.465 e. The molecule has 2 fully saturated rings. The predicted molar refractivity (Wildman–Crippen MR) is 71.7 cm³/mol. The Bertz CT molecular complexity index is 380. The zero-order valence-corrected chi connectivity index (χ0v) is 12.4. The van der Waals surface area contributed by atoms with Gasteiger partial charge in [0.1, 0.15) is 0 Å². The molecule has 4 nitrogen and oxygen atoms in total. The van der Waals surface area contributed by atoms with E-state index < -0.39 is 6.09 Å². The molecule has 2 heterocycles. The van der Waals surface area contributed by atoms with E-state index in [9.17, 15) is 9.90 Å². The molecule has 0 aromatic carbocycles. The molecule has 2 aliphatic heterocycles. The Morgan fingerprint density at radius 2 is 1.67 bits per heavy atom. The molecule has 18 heavy (non-hydrogen) atoms. The van der Waals surface area contributed by atoms with Crippen molar-refractivity contribution < 1.29 is 9.90 Å². The van der Waals surface area contributed by atoms with Crippen molar-refractivity contribution in [2.75, 3.05) is 19.6 Å². The Morgan fingerprint density at radius 3 is 2.06 bits per heavy atom. The van der Waals surface area contributed by atoms with Crippen LogP contribution in [0.15, 0.2) is 0 Å². The summed E-state index contributed by atoms with van der Waals surface area (Å²) in [4.78, 5) is 13.2. The van der Waals surface area contributed by atoms with Gasteiger partial charge in [0, 0.05) is 25.0 Å². The highest BCUT2D eigenvalue weighted by atomic mass is 16.4. The van der Waals surface area contributed by atoms with Gasteiger partial charge in [-0.25, -0.2) is 4.79 Å². The highest BCUT2D eigenvalue weighted by molar-refractivity contribution is 5.69. The van der Waals surface area contributed by atoms with Gasteiger partial charge in [0.2, 0.25) is 0 Å². The van der Waals surface area contributed by atoms with Crippen molar-refractivity contribution in [2.24, 2.45) is 16.2 Å². The van der Waals surface area contributed by atoms with Gasteiger partial charge in [-0.1, -0.05) is 41.5 Å². The molecule has 2 rings (SSSR count). The molecule has 2 atom stereocenters. The lowest BCUT2D eigenvalue weighted by Crippen LogP contribution is -2.82. The summed E-state index contributed by atoms with van der Waals surface area (Å²) in [7, 11) is 0. The molecule has 104 valence electrons. The van der Waals surface area contributed by atoms with Crippen LogP contribution in [0.5, 0.6) is 0 Å². The molecule has 2 saturated heterocycles. The molecule has 2 aliphatic rings.